The summed E-state index contributed by atoms with van der Waals surface area (Å²) in [7, 11) is 1.51. The predicted octanol–water partition coefficient (Wildman–Crippen LogP) is 1.93. The Balaban J connectivity index is 0.000000386. The van der Waals surface area contributed by atoms with Crippen LogP contribution in [-0.2, 0) is 32.1 Å². The lowest BCUT2D eigenvalue weighted by molar-refractivity contribution is -0.137. The van der Waals surface area contributed by atoms with E-state index in [2.05, 4.69) is 0 Å². The van der Waals surface area contributed by atoms with E-state index in [1.54, 1.807) is 0 Å². The molecular formula is C21H23NO8. The summed E-state index contributed by atoms with van der Waals surface area (Å²) in [5.41, 5.74) is 3.04. The van der Waals surface area contributed by atoms with Gasteiger partial charge in [0.2, 0.25) is 0 Å². The van der Waals surface area contributed by atoms with Gasteiger partial charge in [0.25, 0.3) is 11.8 Å². The van der Waals surface area contributed by atoms with E-state index in [1.807, 2.05) is 25.2 Å². The van der Waals surface area contributed by atoms with Crippen molar-refractivity contribution < 1.29 is 38.9 Å². The highest BCUT2D eigenvalue weighted by molar-refractivity contribution is 6.12. The Morgan fingerprint density at radius 3 is 2.37 bits per heavy atom. The molecule has 0 atom stereocenters. The SMILES string of the molecule is COc1c(C)c2c(c(O)c1C/C=C(\C)CCC(=O)O)C(=O)OC2.O=C1C=CC(=O)N1. The van der Waals surface area contributed by atoms with Crippen LogP contribution in [0.15, 0.2) is 23.8 Å². The lowest BCUT2D eigenvalue weighted by atomic mass is 9.94. The number of aliphatic carboxylic acids is 1. The van der Waals surface area contributed by atoms with Gasteiger partial charge in [-0.2, -0.15) is 0 Å². The number of benzene rings is 1. The molecule has 0 fully saturated rings. The molecule has 160 valence electrons. The number of methoxy groups -OCH3 is 1. The van der Waals surface area contributed by atoms with Crippen molar-refractivity contribution in [3.8, 4) is 11.5 Å². The number of aromatic hydroxyl groups is 1. The number of esters is 1. The third kappa shape index (κ3) is 5.25. The van der Waals surface area contributed by atoms with Gasteiger partial charge < -0.3 is 19.7 Å². The van der Waals surface area contributed by atoms with Gasteiger partial charge in [0, 0.05) is 29.7 Å². The number of hydrogen-bond donors (Lipinski definition) is 3. The fourth-order valence-corrected chi connectivity index (χ4v) is 3.07. The van der Waals surface area contributed by atoms with Crippen molar-refractivity contribution in [3.05, 3.63) is 46.1 Å². The van der Waals surface area contributed by atoms with Gasteiger partial charge in [0.1, 0.15) is 23.7 Å². The van der Waals surface area contributed by atoms with E-state index >= 15 is 0 Å². The monoisotopic (exact) mass is 417 g/mol. The number of imide groups is 1. The molecule has 9 heteroatoms. The summed E-state index contributed by atoms with van der Waals surface area (Å²) in [6, 6.07) is 0. The number of carbonyl (C=O) groups excluding carboxylic acids is 3. The van der Waals surface area contributed by atoms with E-state index in [9.17, 15) is 24.3 Å². The van der Waals surface area contributed by atoms with Crippen LogP contribution in [0.25, 0.3) is 0 Å². The molecule has 0 saturated carbocycles. The van der Waals surface area contributed by atoms with Crippen LogP contribution in [0, 0.1) is 6.92 Å². The first-order valence-electron chi connectivity index (χ1n) is 9.14. The second-order valence-corrected chi connectivity index (χ2v) is 6.75. The Hall–Kier alpha value is -3.62. The Labute approximate surface area is 173 Å². The number of carbonyl (C=O) groups is 4. The van der Waals surface area contributed by atoms with Crippen molar-refractivity contribution in [2.75, 3.05) is 7.11 Å². The van der Waals surface area contributed by atoms with E-state index in [4.69, 9.17) is 14.6 Å². The predicted molar refractivity (Wildman–Crippen MR) is 105 cm³/mol. The lowest BCUT2D eigenvalue weighted by Crippen LogP contribution is -2.19. The maximum absolute atomic E-state index is 11.8. The summed E-state index contributed by atoms with van der Waals surface area (Å²) in [6.07, 6.45) is 5.07. The number of nitrogens with one attached hydrogen (secondary N) is 1. The second-order valence-electron chi connectivity index (χ2n) is 6.75. The van der Waals surface area contributed by atoms with Gasteiger partial charge in [-0.25, -0.2) is 4.79 Å². The molecule has 2 aliphatic heterocycles. The number of ether oxygens (including phenoxy) is 2. The number of cyclic esters (lactones) is 1. The van der Waals surface area contributed by atoms with E-state index in [0.717, 1.165) is 11.1 Å². The number of carboxylic acid groups (broad SMARTS) is 1. The first-order valence-corrected chi connectivity index (χ1v) is 9.14. The maximum Gasteiger partial charge on any atom is 0.342 e. The number of phenols is 1. The number of allylic oxidation sites excluding steroid dienone is 2. The lowest BCUT2D eigenvalue weighted by Gasteiger charge is -2.15. The van der Waals surface area contributed by atoms with Gasteiger partial charge in [0.15, 0.2) is 0 Å². The summed E-state index contributed by atoms with van der Waals surface area (Å²) in [4.78, 5) is 42.5. The molecule has 1 aromatic rings. The zero-order valence-electron chi connectivity index (χ0n) is 16.9. The van der Waals surface area contributed by atoms with E-state index in [0.29, 0.717) is 29.7 Å². The summed E-state index contributed by atoms with van der Waals surface area (Å²) in [6.45, 7) is 3.79. The van der Waals surface area contributed by atoms with Crippen LogP contribution in [0.1, 0.15) is 46.8 Å². The number of amides is 2. The number of fused-ring (bicyclic) bond motifs is 1. The van der Waals surface area contributed by atoms with E-state index in [-0.39, 0.29) is 36.2 Å². The van der Waals surface area contributed by atoms with Gasteiger partial charge in [0.05, 0.1) is 7.11 Å². The van der Waals surface area contributed by atoms with Crippen molar-refractivity contribution in [2.45, 2.75) is 39.7 Å². The molecule has 2 heterocycles. The number of hydrogen-bond acceptors (Lipinski definition) is 7. The smallest absolute Gasteiger partial charge is 0.342 e. The molecule has 1 aromatic carbocycles. The van der Waals surface area contributed by atoms with Gasteiger partial charge >= 0.3 is 11.9 Å². The van der Waals surface area contributed by atoms with Gasteiger partial charge in [-0.05, 0) is 32.3 Å². The van der Waals surface area contributed by atoms with Crippen molar-refractivity contribution in [1.82, 2.24) is 5.32 Å². The Morgan fingerprint density at radius 1 is 1.23 bits per heavy atom. The molecule has 2 aliphatic rings. The highest BCUT2D eigenvalue weighted by atomic mass is 16.5. The fourth-order valence-electron chi connectivity index (χ4n) is 3.07. The molecule has 0 radical (unpaired) electrons. The molecule has 3 N–H and O–H groups in total. The van der Waals surface area contributed by atoms with Crippen molar-refractivity contribution in [2.24, 2.45) is 0 Å². The molecule has 0 spiro atoms. The molecule has 2 amide bonds. The molecule has 0 unspecified atom stereocenters. The normalized spacial score (nSPS) is 14.6. The average molecular weight is 417 g/mol. The highest BCUT2D eigenvalue weighted by Gasteiger charge is 2.31. The first kappa shape index (κ1) is 22.7. The minimum Gasteiger partial charge on any atom is -0.507 e. The van der Waals surface area contributed by atoms with Crippen LogP contribution in [0.5, 0.6) is 11.5 Å². The minimum absolute atomic E-state index is 0.0565. The van der Waals surface area contributed by atoms with E-state index < -0.39 is 11.9 Å². The molecular weight excluding hydrogens is 394 g/mol. The summed E-state index contributed by atoms with van der Waals surface area (Å²) in [5, 5.41) is 21.2. The second kappa shape index (κ2) is 9.73. The molecule has 0 aromatic heterocycles. The minimum atomic E-state index is -0.853. The third-order valence-corrected chi connectivity index (χ3v) is 4.67. The maximum atomic E-state index is 11.8. The summed E-state index contributed by atoms with van der Waals surface area (Å²) < 4.78 is 10.4. The summed E-state index contributed by atoms with van der Waals surface area (Å²) >= 11 is 0. The molecule has 9 nitrogen and oxygen atoms in total. The Kier molecular flexibility index (Phi) is 7.35. The van der Waals surface area contributed by atoms with Crippen LogP contribution in [-0.4, -0.2) is 41.1 Å². The summed E-state index contributed by atoms with van der Waals surface area (Å²) in [5.74, 6) is -1.63. The van der Waals surface area contributed by atoms with Crippen LogP contribution in [0.2, 0.25) is 0 Å². The van der Waals surface area contributed by atoms with Crippen LogP contribution in [0.4, 0.5) is 0 Å². The van der Waals surface area contributed by atoms with Crippen LogP contribution < -0.4 is 10.1 Å². The zero-order valence-corrected chi connectivity index (χ0v) is 16.9. The highest BCUT2D eigenvalue weighted by Crippen LogP contribution is 2.42. The van der Waals surface area contributed by atoms with Crippen molar-refractivity contribution in [3.63, 3.8) is 0 Å². The first-order chi connectivity index (χ1) is 14.1. The standard InChI is InChI=1S/C17H20O6.C4H3NO2/c1-9(5-7-13(18)19)4-6-11-15(20)14-12(8-23-17(14)21)10(2)16(11)22-3;6-3-1-2-4(7)5-3/h4,20H,5-8H2,1-3H3,(H,18,19);1-2H,(H,5,6,7)/b9-4+;. The fraction of sp³-hybridized carbons (Fsp3) is 0.333. The Bertz CT molecular complexity index is 942. The number of phenolic OH excluding ortho intramolecular Hbond substituents is 1. The van der Waals surface area contributed by atoms with Gasteiger partial charge in [-0.15, -0.1) is 0 Å². The number of rotatable bonds is 6. The quantitative estimate of drug-likeness (QED) is 0.362. The van der Waals surface area contributed by atoms with Crippen LogP contribution >= 0.6 is 0 Å². The van der Waals surface area contributed by atoms with Crippen molar-refractivity contribution in [1.29, 1.82) is 0 Å². The Morgan fingerprint density at radius 2 is 1.87 bits per heavy atom. The molecule has 30 heavy (non-hydrogen) atoms. The third-order valence-electron chi connectivity index (χ3n) is 4.67. The van der Waals surface area contributed by atoms with Crippen molar-refractivity contribution >= 4 is 23.8 Å². The molecule has 0 bridgehead atoms. The topological polar surface area (TPSA) is 139 Å². The number of carboxylic acids is 1. The molecule has 0 aliphatic carbocycles. The molecule has 0 saturated heterocycles. The largest absolute Gasteiger partial charge is 0.507 e. The van der Waals surface area contributed by atoms with Gasteiger partial charge in [-0.1, -0.05) is 11.6 Å². The zero-order chi connectivity index (χ0) is 22.4. The van der Waals surface area contributed by atoms with Crippen LogP contribution in [0.3, 0.4) is 0 Å². The average Bonchev–Trinajstić information content (AvgIpc) is 3.27. The van der Waals surface area contributed by atoms with Gasteiger partial charge in [-0.3, -0.25) is 19.7 Å². The van der Waals surface area contributed by atoms with E-state index in [1.165, 1.54) is 19.3 Å². The molecule has 3 rings (SSSR count).